The molecule has 0 aliphatic carbocycles. The molecule has 0 saturated carbocycles. The van der Waals surface area contributed by atoms with Gasteiger partial charge in [0.05, 0.1) is 21.2 Å². The maximum absolute atomic E-state index is 12.4. The number of hydrogen-bond donors (Lipinski definition) is 1. The van der Waals surface area contributed by atoms with E-state index in [0.717, 1.165) is 5.56 Å². The number of hydrogen-bond acceptors (Lipinski definition) is 3. The van der Waals surface area contributed by atoms with Crippen molar-refractivity contribution in [1.82, 2.24) is 4.90 Å². The number of nitrogens with one attached hydrogen (secondary N) is 1. The van der Waals surface area contributed by atoms with Gasteiger partial charge in [-0.2, -0.15) is 0 Å². The first-order valence-corrected chi connectivity index (χ1v) is 9.16. The molecule has 0 saturated heterocycles. The fraction of sp³-hybridized carbons (Fsp3) is 0.188. The van der Waals surface area contributed by atoms with Crippen LogP contribution in [-0.4, -0.2) is 33.3 Å². The molecule has 2 aromatic carbocycles. The van der Waals surface area contributed by atoms with Gasteiger partial charge in [-0.3, -0.25) is 9.52 Å². The molecule has 0 radical (unpaired) electrons. The molecule has 0 unspecified atom stereocenters. The Morgan fingerprint density at radius 1 is 1.04 bits per heavy atom. The molecule has 0 atom stereocenters. The van der Waals surface area contributed by atoms with E-state index in [9.17, 15) is 13.2 Å². The summed E-state index contributed by atoms with van der Waals surface area (Å²) in [5.74, 6) is -0.264. The van der Waals surface area contributed by atoms with Crippen molar-refractivity contribution in [2.45, 2.75) is 11.8 Å². The molecule has 0 fully saturated rings. The van der Waals surface area contributed by atoms with Crippen LogP contribution in [0, 0.1) is 6.92 Å². The van der Waals surface area contributed by atoms with Crippen molar-refractivity contribution in [2.24, 2.45) is 0 Å². The Morgan fingerprint density at radius 2 is 1.71 bits per heavy atom. The van der Waals surface area contributed by atoms with Crippen LogP contribution in [0.2, 0.25) is 10.0 Å². The van der Waals surface area contributed by atoms with E-state index in [1.807, 2.05) is 0 Å². The van der Waals surface area contributed by atoms with E-state index in [1.54, 1.807) is 27.1 Å². The molecule has 1 N–H and O–H groups in total. The molecule has 2 rings (SSSR count). The molecular weight excluding hydrogens is 371 g/mol. The van der Waals surface area contributed by atoms with E-state index in [1.165, 1.54) is 35.2 Å². The summed E-state index contributed by atoms with van der Waals surface area (Å²) in [5, 5.41) is 0.527. The average Bonchev–Trinajstić information content (AvgIpc) is 2.49. The number of anilines is 1. The SMILES string of the molecule is Cc1ccc(S(=O)(=O)Nc2ccc(C(=O)N(C)C)c(Cl)c2)cc1Cl. The molecule has 2 aromatic rings. The van der Waals surface area contributed by atoms with E-state index < -0.39 is 10.0 Å². The van der Waals surface area contributed by atoms with Gasteiger partial charge in [0.15, 0.2) is 0 Å². The lowest BCUT2D eigenvalue weighted by Gasteiger charge is -2.13. The highest BCUT2D eigenvalue weighted by Gasteiger charge is 2.17. The van der Waals surface area contributed by atoms with Crippen molar-refractivity contribution >= 4 is 44.8 Å². The normalized spacial score (nSPS) is 11.2. The zero-order valence-corrected chi connectivity index (χ0v) is 15.6. The van der Waals surface area contributed by atoms with Crippen LogP contribution in [0.4, 0.5) is 5.69 Å². The second-order valence-electron chi connectivity index (χ2n) is 5.41. The highest BCUT2D eigenvalue weighted by molar-refractivity contribution is 7.92. The van der Waals surface area contributed by atoms with Gasteiger partial charge in [-0.05, 0) is 42.8 Å². The second-order valence-corrected chi connectivity index (χ2v) is 7.91. The number of aryl methyl sites for hydroxylation is 1. The Labute approximate surface area is 151 Å². The van der Waals surface area contributed by atoms with Gasteiger partial charge in [0.1, 0.15) is 0 Å². The van der Waals surface area contributed by atoms with E-state index in [-0.39, 0.29) is 21.5 Å². The molecule has 8 heteroatoms. The molecule has 0 aliphatic heterocycles. The standard InChI is InChI=1S/C16H16Cl2N2O3S/c1-10-4-6-12(9-14(10)17)24(22,23)19-11-5-7-13(15(18)8-11)16(21)20(2)3/h4-9,19H,1-3H3. The van der Waals surface area contributed by atoms with Gasteiger partial charge >= 0.3 is 0 Å². The zero-order chi connectivity index (χ0) is 18.1. The van der Waals surface area contributed by atoms with Gasteiger partial charge in [0.25, 0.3) is 15.9 Å². The van der Waals surface area contributed by atoms with Gasteiger partial charge in [-0.25, -0.2) is 8.42 Å². The lowest BCUT2D eigenvalue weighted by Crippen LogP contribution is -2.22. The van der Waals surface area contributed by atoms with Crippen LogP contribution in [-0.2, 0) is 10.0 Å². The lowest BCUT2D eigenvalue weighted by atomic mass is 10.2. The number of rotatable bonds is 4. The third-order valence-electron chi connectivity index (χ3n) is 3.31. The maximum Gasteiger partial charge on any atom is 0.261 e. The molecular formula is C16H16Cl2N2O3S. The van der Waals surface area contributed by atoms with Gasteiger partial charge < -0.3 is 4.90 Å². The minimum atomic E-state index is -3.81. The predicted molar refractivity (Wildman–Crippen MR) is 96.5 cm³/mol. The summed E-state index contributed by atoms with van der Waals surface area (Å²) in [5.41, 5.74) is 1.33. The van der Waals surface area contributed by atoms with E-state index in [2.05, 4.69) is 4.72 Å². The van der Waals surface area contributed by atoms with Crippen molar-refractivity contribution in [1.29, 1.82) is 0 Å². The summed E-state index contributed by atoms with van der Waals surface area (Å²) in [7, 11) is -0.592. The molecule has 24 heavy (non-hydrogen) atoms. The molecule has 1 amide bonds. The van der Waals surface area contributed by atoms with E-state index in [0.29, 0.717) is 10.6 Å². The highest BCUT2D eigenvalue weighted by atomic mass is 35.5. The van der Waals surface area contributed by atoms with Crippen LogP contribution in [0.15, 0.2) is 41.3 Å². The third-order valence-corrected chi connectivity index (χ3v) is 5.41. The van der Waals surface area contributed by atoms with Crippen molar-refractivity contribution in [3.05, 3.63) is 57.6 Å². The smallest absolute Gasteiger partial charge is 0.261 e. The topological polar surface area (TPSA) is 66.5 Å². The number of carbonyl (C=O) groups is 1. The Bertz CT molecular complexity index is 896. The summed E-state index contributed by atoms with van der Waals surface area (Å²) < 4.78 is 27.3. The Balaban J connectivity index is 2.31. The van der Waals surface area contributed by atoms with Crippen LogP contribution >= 0.6 is 23.2 Å². The number of nitrogens with zero attached hydrogens (tertiary/aromatic N) is 1. The molecule has 5 nitrogen and oxygen atoms in total. The zero-order valence-electron chi connectivity index (χ0n) is 13.3. The summed E-state index contributed by atoms with van der Waals surface area (Å²) in [6.07, 6.45) is 0. The number of sulfonamides is 1. The highest BCUT2D eigenvalue weighted by Crippen LogP contribution is 2.25. The molecule has 128 valence electrons. The van der Waals surface area contributed by atoms with Crippen molar-refractivity contribution < 1.29 is 13.2 Å². The summed E-state index contributed by atoms with van der Waals surface area (Å²) in [6.45, 7) is 1.78. The minimum Gasteiger partial charge on any atom is -0.345 e. The van der Waals surface area contributed by atoms with Crippen LogP contribution < -0.4 is 4.72 Å². The average molecular weight is 387 g/mol. The van der Waals surface area contributed by atoms with Crippen LogP contribution in [0.3, 0.4) is 0 Å². The fourth-order valence-corrected chi connectivity index (χ4v) is 3.53. The van der Waals surface area contributed by atoms with Crippen LogP contribution in [0.5, 0.6) is 0 Å². The van der Waals surface area contributed by atoms with Crippen molar-refractivity contribution in [2.75, 3.05) is 18.8 Å². The van der Waals surface area contributed by atoms with Crippen LogP contribution in [0.25, 0.3) is 0 Å². The summed E-state index contributed by atoms with van der Waals surface area (Å²) in [6, 6.07) is 8.83. The van der Waals surface area contributed by atoms with Gasteiger partial charge in [0.2, 0.25) is 0 Å². The first-order valence-electron chi connectivity index (χ1n) is 6.92. The van der Waals surface area contributed by atoms with Gasteiger partial charge in [0, 0.05) is 19.1 Å². The first kappa shape index (κ1) is 18.6. The molecule has 0 aliphatic rings. The van der Waals surface area contributed by atoms with E-state index in [4.69, 9.17) is 23.2 Å². The number of carbonyl (C=O) groups excluding carboxylic acids is 1. The Morgan fingerprint density at radius 3 is 2.25 bits per heavy atom. The largest absolute Gasteiger partial charge is 0.345 e. The molecule has 0 bridgehead atoms. The fourth-order valence-electron chi connectivity index (χ4n) is 1.95. The number of halogens is 2. The molecule has 0 spiro atoms. The van der Waals surface area contributed by atoms with Crippen LogP contribution in [0.1, 0.15) is 15.9 Å². The summed E-state index contributed by atoms with van der Waals surface area (Å²) in [4.78, 5) is 13.4. The third kappa shape index (κ3) is 4.01. The van der Waals surface area contributed by atoms with Gasteiger partial charge in [-0.15, -0.1) is 0 Å². The summed E-state index contributed by atoms with van der Waals surface area (Å²) >= 11 is 12.1. The molecule has 0 aromatic heterocycles. The lowest BCUT2D eigenvalue weighted by molar-refractivity contribution is 0.0828. The number of benzene rings is 2. The predicted octanol–water partition coefficient (Wildman–Crippen LogP) is 3.80. The number of amides is 1. The van der Waals surface area contributed by atoms with Gasteiger partial charge in [-0.1, -0.05) is 29.3 Å². The maximum atomic E-state index is 12.4. The van der Waals surface area contributed by atoms with Crippen molar-refractivity contribution in [3.8, 4) is 0 Å². The molecule has 0 heterocycles. The first-order chi connectivity index (χ1) is 11.1. The minimum absolute atomic E-state index is 0.0441. The Hall–Kier alpha value is -1.76. The second kappa shape index (κ2) is 7.01. The quantitative estimate of drug-likeness (QED) is 0.868. The van der Waals surface area contributed by atoms with Crippen molar-refractivity contribution in [3.63, 3.8) is 0 Å². The van der Waals surface area contributed by atoms with E-state index >= 15 is 0 Å². The monoisotopic (exact) mass is 386 g/mol. The Kier molecular flexibility index (Phi) is 5.42.